The van der Waals surface area contributed by atoms with Crippen LogP contribution in [0.2, 0.25) is 0 Å². The van der Waals surface area contributed by atoms with Crippen molar-refractivity contribution in [1.82, 2.24) is 14.5 Å². The Morgan fingerprint density at radius 1 is 1.00 bits per heavy atom. The molecule has 0 bridgehead atoms. The zero-order chi connectivity index (χ0) is 33.8. The van der Waals surface area contributed by atoms with Gasteiger partial charge in [0.1, 0.15) is 22.9 Å². The van der Waals surface area contributed by atoms with Gasteiger partial charge in [0, 0.05) is 47.4 Å². The number of para-hydroxylation sites is 1. The molecule has 1 amide bonds. The summed E-state index contributed by atoms with van der Waals surface area (Å²) in [5.74, 6) is 1.08. The first kappa shape index (κ1) is 32.4. The molecule has 5 aromatic rings. The summed E-state index contributed by atoms with van der Waals surface area (Å²) in [4.78, 5) is 48.6. The van der Waals surface area contributed by atoms with E-state index in [1.165, 1.54) is 30.9 Å². The van der Waals surface area contributed by atoms with Crippen molar-refractivity contribution in [3.63, 3.8) is 0 Å². The van der Waals surface area contributed by atoms with Crippen LogP contribution in [0.3, 0.4) is 0 Å². The van der Waals surface area contributed by atoms with Gasteiger partial charge in [0.05, 0.1) is 37.6 Å². The Bertz CT molecular complexity index is 2040. The van der Waals surface area contributed by atoms with E-state index in [0.717, 1.165) is 0 Å². The molecule has 12 nitrogen and oxygen atoms in total. The van der Waals surface area contributed by atoms with E-state index >= 15 is 0 Å². The Hall–Kier alpha value is -5.59. The fraction of sp³-hybridized carbons (Fsp3) is 0.250. The molecule has 0 radical (unpaired) electrons. The highest BCUT2D eigenvalue weighted by molar-refractivity contribution is 6.06. The van der Waals surface area contributed by atoms with Crippen molar-refractivity contribution in [2.75, 3.05) is 25.6 Å². The number of Topliss-reactive ketones (excluding diaryl/α,β-unsaturated/α-hetero) is 1. The molecule has 2 aromatic carbocycles. The molecule has 246 valence electrons. The Morgan fingerprint density at radius 3 is 2.54 bits per heavy atom. The maximum Gasteiger partial charge on any atom is 0.268 e. The Balaban J connectivity index is 1.21. The van der Waals surface area contributed by atoms with Gasteiger partial charge < -0.3 is 29.7 Å². The van der Waals surface area contributed by atoms with Gasteiger partial charge in [-0.2, -0.15) is 0 Å². The minimum absolute atomic E-state index is 0.105. The van der Waals surface area contributed by atoms with Gasteiger partial charge in [-0.1, -0.05) is 18.2 Å². The number of hydrogen-bond acceptors (Lipinski definition) is 10. The van der Waals surface area contributed by atoms with Crippen LogP contribution in [0.25, 0.3) is 16.6 Å². The Labute approximate surface area is 275 Å². The number of aliphatic hydroxyl groups is 2. The fourth-order valence-corrected chi connectivity index (χ4v) is 5.48. The number of fused-ring (bicyclic) bond motifs is 2. The van der Waals surface area contributed by atoms with E-state index in [1.54, 1.807) is 60.8 Å². The molecular formula is C36H34N4O8. The van der Waals surface area contributed by atoms with E-state index in [1.807, 2.05) is 6.07 Å². The number of carbonyl (C=O) groups is 2. The van der Waals surface area contributed by atoms with Gasteiger partial charge >= 0.3 is 0 Å². The lowest BCUT2D eigenvalue weighted by Gasteiger charge is -2.21. The molecule has 0 aliphatic heterocycles. The normalized spacial score (nSPS) is 13.8. The summed E-state index contributed by atoms with van der Waals surface area (Å²) in [6.45, 7) is 1.28. The summed E-state index contributed by atoms with van der Waals surface area (Å²) >= 11 is 0. The number of nitrogens with zero attached hydrogens (tertiary/aromatic N) is 3. The van der Waals surface area contributed by atoms with E-state index in [2.05, 4.69) is 15.3 Å². The molecule has 1 atom stereocenters. The first-order chi connectivity index (χ1) is 23.2. The van der Waals surface area contributed by atoms with Crippen molar-refractivity contribution in [2.45, 2.75) is 38.2 Å². The molecule has 0 saturated carbocycles. The second-order valence-electron chi connectivity index (χ2n) is 11.7. The predicted molar refractivity (Wildman–Crippen MR) is 178 cm³/mol. The number of aromatic nitrogens is 3. The monoisotopic (exact) mass is 650 g/mol. The molecule has 48 heavy (non-hydrogen) atoms. The molecule has 1 aliphatic carbocycles. The van der Waals surface area contributed by atoms with Gasteiger partial charge in [-0.15, -0.1) is 0 Å². The number of benzene rings is 2. The summed E-state index contributed by atoms with van der Waals surface area (Å²) in [5, 5.41) is 22.6. The highest BCUT2D eigenvalue weighted by atomic mass is 16.5. The van der Waals surface area contributed by atoms with Crippen LogP contribution in [-0.2, 0) is 6.42 Å². The molecule has 12 heteroatoms. The first-order valence-electron chi connectivity index (χ1n) is 15.4. The van der Waals surface area contributed by atoms with Crippen molar-refractivity contribution in [1.29, 1.82) is 0 Å². The number of rotatable bonds is 11. The third-order valence-corrected chi connectivity index (χ3v) is 8.11. The molecular weight excluding hydrogens is 616 g/mol. The van der Waals surface area contributed by atoms with Gasteiger partial charge in [-0.25, -0.2) is 4.98 Å². The zero-order valence-corrected chi connectivity index (χ0v) is 26.4. The highest BCUT2D eigenvalue weighted by Gasteiger charge is 2.26. The SMILES string of the molecule is COc1cc2c(Oc3ccc(NC(=O)c4cc5c(n(-c6ccccc6)c4=O)CCCC5=O)nc3)ccnc2cc1OCCC(C)(O)CO. The van der Waals surface area contributed by atoms with Gasteiger partial charge in [0.15, 0.2) is 17.3 Å². The molecule has 1 aliphatic rings. The van der Waals surface area contributed by atoms with Crippen molar-refractivity contribution in [3.05, 3.63) is 106 Å². The maximum absolute atomic E-state index is 13.6. The van der Waals surface area contributed by atoms with E-state index in [0.29, 0.717) is 70.1 Å². The minimum atomic E-state index is -1.26. The molecule has 3 aromatic heterocycles. The number of amides is 1. The number of pyridine rings is 3. The van der Waals surface area contributed by atoms with Gasteiger partial charge in [-0.05, 0) is 62.2 Å². The molecule has 0 saturated heterocycles. The quantitative estimate of drug-likeness (QED) is 0.180. The lowest BCUT2D eigenvalue weighted by molar-refractivity contribution is -0.0140. The molecule has 3 heterocycles. The zero-order valence-electron chi connectivity index (χ0n) is 26.4. The van der Waals surface area contributed by atoms with E-state index in [4.69, 9.17) is 14.2 Å². The van der Waals surface area contributed by atoms with Gasteiger partial charge in [0.2, 0.25) is 0 Å². The van der Waals surface area contributed by atoms with Crippen molar-refractivity contribution in [2.24, 2.45) is 0 Å². The van der Waals surface area contributed by atoms with Crippen LogP contribution < -0.4 is 25.1 Å². The summed E-state index contributed by atoms with van der Waals surface area (Å²) in [5.41, 5.74) is 0.198. The van der Waals surface area contributed by atoms with E-state index < -0.39 is 17.1 Å². The van der Waals surface area contributed by atoms with Crippen molar-refractivity contribution >= 4 is 28.4 Å². The Kier molecular flexibility index (Phi) is 9.19. The topological polar surface area (TPSA) is 162 Å². The number of ether oxygens (including phenoxy) is 3. The standard InChI is InChI=1S/C36H34N4O8/c1-36(45,21-41)14-16-47-32-19-27-24(18-31(32)46-2)30(13-15-37-27)48-23-11-12-33(38-20-23)39-34(43)26-17-25-28(9-6-10-29(25)42)40(35(26)44)22-7-4-3-5-8-22/h3-5,7-8,11-13,15,17-20,41,45H,6,9-10,14,16,21H2,1-2H3,(H,38,39,43). The average Bonchev–Trinajstić information content (AvgIpc) is 3.09. The lowest BCUT2D eigenvalue weighted by atomic mass is 9.92. The molecule has 0 fully saturated rings. The van der Waals surface area contributed by atoms with Crippen LogP contribution in [0.15, 0.2) is 83.9 Å². The molecule has 1 unspecified atom stereocenters. The summed E-state index contributed by atoms with van der Waals surface area (Å²) in [7, 11) is 1.50. The third kappa shape index (κ3) is 6.75. The second kappa shape index (κ2) is 13.6. The number of nitrogens with one attached hydrogen (secondary N) is 1. The van der Waals surface area contributed by atoms with Crippen LogP contribution >= 0.6 is 0 Å². The van der Waals surface area contributed by atoms with Gasteiger partial charge in [-0.3, -0.25) is 23.9 Å². The van der Waals surface area contributed by atoms with Crippen molar-refractivity contribution < 1.29 is 34.0 Å². The number of methoxy groups -OCH3 is 1. The average molecular weight is 651 g/mol. The van der Waals surface area contributed by atoms with E-state index in [-0.39, 0.29) is 36.8 Å². The first-order valence-corrected chi connectivity index (χ1v) is 15.4. The molecule has 6 rings (SSSR count). The van der Waals surface area contributed by atoms with Crippen LogP contribution in [-0.4, -0.2) is 62.4 Å². The number of anilines is 1. The second-order valence-corrected chi connectivity index (χ2v) is 11.7. The summed E-state index contributed by atoms with van der Waals surface area (Å²) in [6.07, 6.45) is 4.77. The number of ketones is 1. The van der Waals surface area contributed by atoms with Crippen LogP contribution in [0.4, 0.5) is 5.82 Å². The van der Waals surface area contributed by atoms with Gasteiger partial charge in [0.25, 0.3) is 11.5 Å². The smallest absolute Gasteiger partial charge is 0.268 e. The largest absolute Gasteiger partial charge is 0.493 e. The Morgan fingerprint density at radius 2 is 1.81 bits per heavy atom. The van der Waals surface area contributed by atoms with E-state index in [9.17, 15) is 24.6 Å². The fourth-order valence-electron chi connectivity index (χ4n) is 5.48. The predicted octanol–water partition coefficient (Wildman–Crippen LogP) is 4.87. The number of hydrogen-bond donors (Lipinski definition) is 3. The van der Waals surface area contributed by atoms with Crippen LogP contribution in [0.5, 0.6) is 23.0 Å². The lowest BCUT2D eigenvalue weighted by Crippen LogP contribution is -2.33. The minimum Gasteiger partial charge on any atom is -0.493 e. The molecule has 0 spiro atoms. The third-order valence-electron chi connectivity index (χ3n) is 8.11. The number of carbonyl (C=O) groups excluding carboxylic acids is 2. The summed E-state index contributed by atoms with van der Waals surface area (Å²) in [6, 6.07) is 18.6. The molecule has 3 N–H and O–H groups in total. The highest BCUT2D eigenvalue weighted by Crippen LogP contribution is 2.37. The van der Waals surface area contributed by atoms with Crippen molar-refractivity contribution in [3.8, 4) is 28.7 Å². The van der Waals surface area contributed by atoms with Crippen LogP contribution in [0.1, 0.15) is 52.6 Å². The van der Waals surface area contributed by atoms with Crippen LogP contribution in [0, 0.1) is 0 Å². The number of aliphatic hydroxyl groups excluding tert-OH is 1. The maximum atomic E-state index is 13.6. The summed E-state index contributed by atoms with van der Waals surface area (Å²) < 4.78 is 18.9.